The summed E-state index contributed by atoms with van der Waals surface area (Å²) >= 11 is 1.42. The van der Waals surface area contributed by atoms with Gasteiger partial charge in [0.05, 0.1) is 14.2 Å². The van der Waals surface area contributed by atoms with Crippen molar-refractivity contribution in [2.75, 3.05) is 14.2 Å². The lowest BCUT2D eigenvalue weighted by Gasteiger charge is -2.15. The first kappa shape index (κ1) is 12.7. The topological polar surface area (TPSA) is 58.9 Å². The zero-order valence-electron chi connectivity index (χ0n) is 10.1. The molecule has 0 fully saturated rings. The molecular formula is C13H14O4S. The number of phenolic OH excluding ortho intramolecular Hbond substituents is 1. The molecule has 0 aliphatic heterocycles. The van der Waals surface area contributed by atoms with E-state index in [9.17, 15) is 10.2 Å². The summed E-state index contributed by atoms with van der Waals surface area (Å²) in [5.41, 5.74) is 0.398. The van der Waals surface area contributed by atoms with E-state index < -0.39 is 6.10 Å². The second-order valence-corrected chi connectivity index (χ2v) is 4.64. The lowest BCUT2D eigenvalue weighted by Crippen LogP contribution is -2.00. The number of benzene rings is 1. The van der Waals surface area contributed by atoms with Gasteiger partial charge in [-0.3, -0.25) is 0 Å². The second-order valence-electron chi connectivity index (χ2n) is 3.66. The Balaban J connectivity index is 2.46. The van der Waals surface area contributed by atoms with Crippen molar-refractivity contribution in [1.82, 2.24) is 0 Å². The van der Waals surface area contributed by atoms with E-state index in [1.165, 1.54) is 25.6 Å². The van der Waals surface area contributed by atoms with E-state index in [-0.39, 0.29) is 11.5 Å². The minimum absolute atomic E-state index is 0.0993. The third kappa shape index (κ3) is 2.14. The van der Waals surface area contributed by atoms with Crippen molar-refractivity contribution in [2.24, 2.45) is 0 Å². The molecule has 5 heteroatoms. The van der Waals surface area contributed by atoms with Crippen molar-refractivity contribution in [3.8, 4) is 17.2 Å². The van der Waals surface area contributed by atoms with E-state index in [2.05, 4.69) is 0 Å². The van der Waals surface area contributed by atoms with Crippen molar-refractivity contribution in [1.29, 1.82) is 0 Å². The second kappa shape index (κ2) is 5.29. The first-order chi connectivity index (χ1) is 8.69. The molecule has 0 aliphatic carbocycles. The summed E-state index contributed by atoms with van der Waals surface area (Å²) in [6.07, 6.45) is -0.871. The van der Waals surface area contributed by atoms with Crippen molar-refractivity contribution in [3.63, 3.8) is 0 Å². The van der Waals surface area contributed by atoms with Gasteiger partial charge in [0.2, 0.25) is 5.75 Å². The van der Waals surface area contributed by atoms with Gasteiger partial charge in [-0.2, -0.15) is 0 Å². The van der Waals surface area contributed by atoms with Gasteiger partial charge in [0.15, 0.2) is 11.5 Å². The Hall–Kier alpha value is -1.72. The predicted molar refractivity (Wildman–Crippen MR) is 69.6 cm³/mol. The highest BCUT2D eigenvalue weighted by atomic mass is 32.1. The fraction of sp³-hybridized carbons (Fsp3) is 0.231. The summed E-state index contributed by atoms with van der Waals surface area (Å²) in [5, 5.41) is 22.2. The largest absolute Gasteiger partial charge is 0.504 e. The quantitative estimate of drug-likeness (QED) is 0.893. The van der Waals surface area contributed by atoms with Crippen LogP contribution in [0, 0.1) is 0 Å². The maximum absolute atomic E-state index is 10.2. The Morgan fingerprint density at radius 1 is 1.17 bits per heavy atom. The molecule has 2 rings (SSSR count). The van der Waals surface area contributed by atoms with Gasteiger partial charge in [0.25, 0.3) is 0 Å². The maximum Gasteiger partial charge on any atom is 0.203 e. The monoisotopic (exact) mass is 266 g/mol. The van der Waals surface area contributed by atoms with E-state index >= 15 is 0 Å². The smallest absolute Gasteiger partial charge is 0.203 e. The zero-order valence-corrected chi connectivity index (χ0v) is 10.9. The highest BCUT2D eigenvalue weighted by Gasteiger charge is 2.21. The zero-order chi connectivity index (χ0) is 13.1. The molecule has 0 bridgehead atoms. The molecule has 0 saturated carbocycles. The molecule has 1 aromatic heterocycles. The molecule has 1 unspecified atom stereocenters. The fourth-order valence-electron chi connectivity index (χ4n) is 1.75. The number of ether oxygens (including phenoxy) is 2. The lowest BCUT2D eigenvalue weighted by atomic mass is 10.1. The number of aliphatic hydroxyl groups is 1. The maximum atomic E-state index is 10.2. The number of methoxy groups -OCH3 is 2. The molecule has 2 N–H and O–H groups in total. The molecule has 96 valence electrons. The highest BCUT2D eigenvalue weighted by Crippen LogP contribution is 2.43. The summed E-state index contributed by atoms with van der Waals surface area (Å²) in [5.74, 6) is 0.556. The minimum Gasteiger partial charge on any atom is -0.504 e. The Bertz CT molecular complexity index is 522. The van der Waals surface area contributed by atoms with Gasteiger partial charge in [0.1, 0.15) is 6.10 Å². The van der Waals surface area contributed by atoms with Gasteiger partial charge < -0.3 is 19.7 Å². The number of rotatable bonds is 4. The lowest BCUT2D eigenvalue weighted by molar-refractivity contribution is 0.217. The van der Waals surface area contributed by atoms with E-state index in [1.54, 1.807) is 12.1 Å². The highest BCUT2D eigenvalue weighted by molar-refractivity contribution is 7.10. The molecule has 4 nitrogen and oxygen atoms in total. The van der Waals surface area contributed by atoms with Gasteiger partial charge in [-0.25, -0.2) is 0 Å². The molecule has 2 aromatic rings. The van der Waals surface area contributed by atoms with Gasteiger partial charge >= 0.3 is 0 Å². The van der Waals surface area contributed by atoms with Crippen LogP contribution in [0.1, 0.15) is 16.5 Å². The average molecular weight is 266 g/mol. The predicted octanol–water partition coefficient (Wildman–Crippen LogP) is 2.55. The third-order valence-electron chi connectivity index (χ3n) is 2.66. The van der Waals surface area contributed by atoms with Crippen LogP contribution in [0.3, 0.4) is 0 Å². The van der Waals surface area contributed by atoms with Crippen LogP contribution in [0.5, 0.6) is 17.2 Å². The Morgan fingerprint density at radius 2 is 1.94 bits per heavy atom. The number of hydrogen-bond acceptors (Lipinski definition) is 5. The first-order valence-electron chi connectivity index (χ1n) is 5.34. The number of phenols is 1. The van der Waals surface area contributed by atoms with Crippen LogP contribution in [-0.4, -0.2) is 24.4 Å². The van der Waals surface area contributed by atoms with Crippen LogP contribution in [0.15, 0.2) is 29.6 Å². The van der Waals surface area contributed by atoms with Gasteiger partial charge in [-0.15, -0.1) is 11.3 Å². The average Bonchev–Trinajstić information content (AvgIpc) is 2.91. The molecule has 1 aromatic carbocycles. The van der Waals surface area contributed by atoms with Crippen LogP contribution in [-0.2, 0) is 0 Å². The van der Waals surface area contributed by atoms with Crippen LogP contribution in [0.4, 0.5) is 0 Å². The molecule has 0 amide bonds. The van der Waals surface area contributed by atoms with Gasteiger partial charge in [-0.05, 0) is 23.6 Å². The van der Waals surface area contributed by atoms with E-state index in [0.29, 0.717) is 11.3 Å². The standard InChI is InChI=1S/C13H14O4S/c1-16-9-6-5-8(12(15)13(9)17-2)11(14)10-4-3-7-18-10/h3-7,11,14-15H,1-2H3. The molecule has 0 saturated heterocycles. The third-order valence-corrected chi connectivity index (χ3v) is 3.58. The van der Waals surface area contributed by atoms with Crippen molar-refractivity contribution in [2.45, 2.75) is 6.10 Å². The number of thiophene rings is 1. The minimum atomic E-state index is -0.871. The van der Waals surface area contributed by atoms with Crippen LogP contribution in [0.2, 0.25) is 0 Å². The Morgan fingerprint density at radius 3 is 2.50 bits per heavy atom. The summed E-state index contributed by atoms with van der Waals surface area (Å²) in [6.45, 7) is 0. The van der Waals surface area contributed by atoms with Crippen molar-refractivity contribution >= 4 is 11.3 Å². The summed E-state index contributed by atoms with van der Waals surface area (Å²) in [6, 6.07) is 6.94. The number of aromatic hydroxyl groups is 1. The normalized spacial score (nSPS) is 12.2. The van der Waals surface area contributed by atoms with Gasteiger partial charge in [-0.1, -0.05) is 6.07 Å². The SMILES string of the molecule is COc1ccc(C(O)c2cccs2)c(O)c1OC. The molecule has 0 radical (unpaired) electrons. The molecule has 18 heavy (non-hydrogen) atoms. The van der Waals surface area contributed by atoms with Crippen LogP contribution < -0.4 is 9.47 Å². The molecule has 0 spiro atoms. The molecule has 0 aliphatic rings. The van der Waals surface area contributed by atoms with Crippen LogP contribution >= 0.6 is 11.3 Å². The summed E-state index contributed by atoms with van der Waals surface area (Å²) in [7, 11) is 2.94. The molecule has 1 atom stereocenters. The van der Waals surface area contributed by atoms with Crippen molar-refractivity contribution in [3.05, 3.63) is 40.1 Å². The molecular weight excluding hydrogens is 252 g/mol. The Labute approximate surface area is 109 Å². The van der Waals surface area contributed by atoms with Gasteiger partial charge in [0, 0.05) is 10.4 Å². The molecule has 1 heterocycles. The van der Waals surface area contributed by atoms with Crippen molar-refractivity contribution < 1.29 is 19.7 Å². The van der Waals surface area contributed by atoms with E-state index in [4.69, 9.17) is 9.47 Å². The number of hydrogen-bond donors (Lipinski definition) is 2. The summed E-state index contributed by atoms with van der Waals surface area (Å²) < 4.78 is 10.2. The van der Waals surface area contributed by atoms with E-state index in [1.807, 2.05) is 17.5 Å². The first-order valence-corrected chi connectivity index (χ1v) is 6.22. The number of aliphatic hydroxyl groups excluding tert-OH is 1. The Kier molecular flexibility index (Phi) is 3.74. The summed E-state index contributed by atoms with van der Waals surface area (Å²) in [4.78, 5) is 0.762. The van der Waals surface area contributed by atoms with Crippen LogP contribution in [0.25, 0.3) is 0 Å². The fourth-order valence-corrected chi connectivity index (χ4v) is 2.47. The van der Waals surface area contributed by atoms with E-state index in [0.717, 1.165) is 4.88 Å².